The minimum atomic E-state index is -3.87. The van der Waals surface area contributed by atoms with E-state index < -0.39 is 10.0 Å². The predicted molar refractivity (Wildman–Crippen MR) is 145 cm³/mol. The normalized spacial score (nSPS) is 14.4. The lowest BCUT2D eigenvalue weighted by Gasteiger charge is -2.28. The standard InChI is InChI=1S/C28H34FN3O3S2/c1-22-5-11-26(12-6-22)37(34,35)32(17-16-30-14-3-4-15-30)21-28(33)31(20-27-23(2)13-18-36-27)19-24-7-9-25(29)10-8-24/h5-13,18H,3-4,14-17,19-21H2,1-2H3. The number of sulfonamides is 1. The Labute approximate surface area is 223 Å². The van der Waals surface area contributed by atoms with Crippen LogP contribution in [0.4, 0.5) is 4.39 Å². The van der Waals surface area contributed by atoms with Gasteiger partial charge in [-0.05, 0) is 86.6 Å². The lowest BCUT2D eigenvalue weighted by Crippen LogP contribution is -2.45. The van der Waals surface area contributed by atoms with Gasteiger partial charge in [-0.1, -0.05) is 29.8 Å². The Kier molecular flexibility index (Phi) is 9.13. The summed E-state index contributed by atoms with van der Waals surface area (Å²) in [7, 11) is -3.87. The van der Waals surface area contributed by atoms with Gasteiger partial charge in [-0.15, -0.1) is 11.3 Å². The lowest BCUT2D eigenvalue weighted by atomic mass is 10.2. The van der Waals surface area contributed by atoms with Crippen molar-refractivity contribution in [2.75, 3.05) is 32.7 Å². The number of likely N-dealkylation sites (tertiary alicyclic amines) is 1. The molecule has 0 aliphatic carbocycles. The zero-order valence-electron chi connectivity index (χ0n) is 21.4. The molecule has 0 radical (unpaired) electrons. The van der Waals surface area contributed by atoms with Crippen LogP contribution in [0.5, 0.6) is 0 Å². The molecule has 1 aliphatic heterocycles. The van der Waals surface area contributed by atoms with Crippen molar-refractivity contribution in [2.45, 2.75) is 44.7 Å². The Hall–Kier alpha value is -2.59. The van der Waals surface area contributed by atoms with Crippen molar-refractivity contribution in [1.82, 2.24) is 14.1 Å². The Morgan fingerprint density at radius 1 is 0.973 bits per heavy atom. The van der Waals surface area contributed by atoms with Crippen LogP contribution in [0.3, 0.4) is 0 Å². The first kappa shape index (κ1) is 27.4. The molecule has 37 heavy (non-hydrogen) atoms. The Bertz CT molecular complexity index is 1280. The van der Waals surface area contributed by atoms with Gasteiger partial charge in [-0.2, -0.15) is 4.31 Å². The highest BCUT2D eigenvalue weighted by molar-refractivity contribution is 7.89. The second-order valence-electron chi connectivity index (χ2n) is 9.60. The van der Waals surface area contributed by atoms with Gasteiger partial charge in [0.2, 0.25) is 15.9 Å². The molecule has 0 unspecified atom stereocenters. The summed E-state index contributed by atoms with van der Waals surface area (Å²) in [5.74, 6) is -0.623. The molecule has 1 saturated heterocycles. The zero-order valence-corrected chi connectivity index (χ0v) is 23.0. The molecule has 0 atom stereocenters. The van der Waals surface area contributed by atoms with E-state index >= 15 is 0 Å². The molecule has 198 valence electrons. The average molecular weight is 544 g/mol. The molecule has 1 fully saturated rings. The number of carbonyl (C=O) groups is 1. The van der Waals surface area contributed by atoms with E-state index in [0.29, 0.717) is 13.1 Å². The summed E-state index contributed by atoms with van der Waals surface area (Å²) in [5, 5.41) is 1.98. The molecule has 1 amide bonds. The number of carbonyl (C=O) groups excluding carboxylic acids is 1. The fraction of sp³-hybridized carbons (Fsp3) is 0.393. The van der Waals surface area contributed by atoms with E-state index in [2.05, 4.69) is 4.90 Å². The second kappa shape index (κ2) is 12.3. The van der Waals surface area contributed by atoms with Crippen molar-refractivity contribution in [2.24, 2.45) is 0 Å². The minimum absolute atomic E-state index is 0.187. The molecule has 9 heteroatoms. The van der Waals surface area contributed by atoms with Crippen molar-refractivity contribution in [3.05, 3.63) is 87.4 Å². The minimum Gasteiger partial charge on any atom is -0.332 e. The highest BCUT2D eigenvalue weighted by atomic mass is 32.2. The SMILES string of the molecule is Cc1ccc(S(=O)(=O)N(CCN2CCCC2)CC(=O)N(Cc2ccc(F)cc2)Cc2sccc2C)cc1. The van der Waals surface area contributed by atoms with E-state index in [0.717, 1.165) is 47.5 Å². The summed E-state index contributed by atoms with van der Waals surface area (Å²) >= 11 is 1.57. The zero-order chi connectivity index (χ0) is 26.4. The third kappa shape index (κ3) is 7.25. The number of halogens is 1. The molecular weight excluding hydrogens is 509 g/mol. The highest BCUT2D eigenvalue weighted by Crippen LogP contribution is 2.22. The third-order valence-corrected chi connectivity index (χ3v) is 9.64. The topological polar surface area (TPSA) is 60.9 Å². The molecular formula is C28H34FN3O3S2. The van der Waals surface area contributed by atoms with E-state index in [1.54, 1.807) is 52.6 Å². The molecule has 2 aromatic carbocycles. The van der Waals surface area contributed by atoms with E-state index in [4.69, 9.17) is 0 Å². The molecule has 0 saturated carbocycles. The fourth-order valence-electron chi connectivity index (χ4n) is 4.44. The predicted octanol–water partition coefficient (Wildman–Crippen LogP) is 4.82. The summed E-state index contributed by atoms with van der Waals surface area (Å²) in [6.45, 7) is 6.99. The average Bonchev–Trinajstić information content (AvgIpc) is 3.54. The largest absolute Gasteiger partial charge is 0.332 e. The number of nitrogens with zero attached hydrogens (tertiary/aromatic N) is 3. The number of amides is 1. The van der Waals surface area contributed by atoms with Crippen LogP contribution >= 0.6 is 11.3 Å². The van der Waals surface area contributed by atoms with Crippen LogP contribution in [0.25, 0.3) is 0 Å². The van der Waals surface area contributed by atoms with Gasteiger partial charge in [-0.25, -0.2) is 12.8 Å². The van der Waals surface area contributed by atoms with Crippen molar-refractivity contribution >= 4 is 27.3 Å². The van der Waals surface area contributed by atoms with Gasteiger partial charge in [0.25, 0.3) is 0 Å². The van der Waals surface area contributed by atoms with Crippen LogP contribution in [0.1, 0.15) is 34.4 Å². The van der Waals surface area contributed by atoms with Crippen LogP contribution in [0.15, 0.2) is 64.9 Å². The van der Waals surface area contributed by atoms with E-state index in [9.17, 15) is 17.6 Å². The fourth-order valence-corrected chi connectivity index (χ4v) is 6.74. The number of thiophene rings is 1. The van der Waals surface area contributed by atoms with Crippen LogP contribution in [0, 0.1) is 19.7 Å². The maximum absolute atomic E-state index is 13.7. The molecule has 0 bridgehead atoms. The first-order valence-corrected chi connectivity index (χ1v) is 14.9. The molecule has 3 aromatic rings. The first-order valence-electron chi connectivity index (χ1n) is 12.6. The van der Waals surface area contributed by atoms with Gasteiger partial charge < -0.3 is 9.80 Å². The quantitative estimate of drug-likeness (QED) is 0.348. The first-order chi connectivity index (χ1) is 17.7. The Morgan fingerprint density at radius 2 is 1.65 bits per heavy atom. The van der Waals surface area contributed by atoms with Crippen molar-refractivity contribution in [3.63, 3.8) is 0 Å². The highest BCUT2D eigenvalue weighted by Gasteiger charge is 2.29. The van der Waals surface area contributed by atoms with Crippen LogP contribution in [-0.2, 0) is 27.9 Å². The van der Waals surface area contributed by atoms with Gasteiger partial charge in [0.05, 0.1) is 18.0 Å². The number of aryl methyl sites for hydroxylation is 2. The Morgan fingerprint density at radius 3 is 2.27 bits per heavy atom. The van der Waals surface area contributed by atoms with Crippen LogP contribution < -0.4 is 0 Å². The number of hydrogen-bond acceptors (Lipinski definition) is 5. The lowest BCUT2D eigenvalue weighted by molar-refractivity contribution is -0.132. The van der Waals surface area contributed by atoms with Crippen molar-refractivity contribution in [1.29, 1.82) is 0 Å². The molecule has 4 rings (SSSR count). The van der Waals surface area contributed by atoms with Crippen molar-refractivity contribution in [3.8, 4) is 0 Å². The third-order valence-electron chi connectivity index (χ3n) is 6.78. The van der Waals surface area contributed by atoms with Gasteiger partial charge in [0.1, 0.15) is 5.82 Å². The summed E-state index contributed by atoms with van der Waals surface area (Å²) < 4.78 is 42.1. The van der Waals surface area contributed by atoms with Crippen LogP contribution in [-0.4, -0.2) is 61.2 Å². The number of hydrogen-bond donors (Lipinski definition) is 0. The number of benzene rings is 2. The van der Waals surface area contributed by atoms with Crippen molar-refractivity contribution < 1.29 is 17.6 Å². The maximum atomic E-state index is 13.7. The van der Waals surface area contributed by atoms with Crippen LogP contribution in [0.2, 0.25) is 0 Å². The second-order valence-corrected chi connectivity index (χ2v) is 12.5. The maximum Gasteiger partial charge on any atom is 0.243 e. The summed E-state index contributed by atoms with van der Waals surface area (Å²) in [6.07, 6.45) is 2.21. The molecule has 1 aromatic heterocycles. The summed E-state index contributed by atoms with van der Waals surface area (Å²) in [4.78, 5) is 18.9. The molecule has 0 N–H and O–H groups in total. The monoisotopic (exact) mass is 543 g/mol. The van der Waals surface area contributed by atoms with Gasteiger partial charge >= 0.3 is 0 Å². The molecule has 2 heterocycles. The van der Waals surface area contributed by atoms with Gasteiger partial charge in [0, 0.05) is 24.5 Å². The molecule has 1 aliphatic rings. The van der Waals surface area contributed by atoms with E-state index in [-0.39, 0.29) is 36.3 Å². The van der Waals surface area contributed by atoms with E-state index in [1.807, 2.05) is 25.3 Å². The smallest absolute Gasteiger partial charge is 0.243 e. The van der Waals surface area contributed by atoms with Gasteiger partial charge in [-0.3, -0.25) is 4.79 Å². The number of rotatable bonds is 11. The summed E-state index contributed by atoms with van der Waals surface area (Å²) in [5.41, 5.74) is 2.84. The Balaban J connectivity index is 1.59. The van der Waals surface area contributed by atoms with Gasteiger partial charge in [0.15, 0.2) is 0 Å². The summed E-state index contributed by atoms with van der Waals surface area (Å²) in [6, 6.07) is 14.8. The molecule has 0 spiro atoms. The molecule has 6 nitrogen and oxygen atoms in total. The van der Waals surface area contributed by atoms with E-state index in [1.165, 1.54) is 16.4 Å².